The first-order chi connectivity index (χ1) is 11.7. The molecule has 0 aromatic rings. The fraction of sp³-hybridized carbons (Fsp3) is 0.929. The highest BCUT2D eigenvalue weighted by Crippen LogP contribution is 2.30. The highest BCUT2D eigenvalue weighted by atomic mass is 127. The zero-order valence-corrected chi connectivity index (χ0v) is 18.6. The van der Waals surface area contributed by atoms with Gasteiger partial charge in [-0.05, 0) is 37.4 Å². The van der Waals surface area contributed by atoms with Gasteiger partial charge < -0.3 is 10.6 Å². The van der Waals surface area contributed by atoms with E-state index in [4.69, 9.17) is 0 Å². The number of nitrogens with one attached hydrogen (secondary N) is 2. The largest absolute Gasteiger partial charge is 0.511 e. The van der Waals surface area contributed by atoms with Crippen LogP contribution in [0.4, 0.5) is 13.2 Å². The Labute approximate surface area is 174 Å². The van der Waals surface area contributed by atoms with Crippen molar-refractivity contribution in [3.05, 3.63) is 0 Å². The number of rotatable bonds is 4. The van der Waals surface area contributed by atoms with Gasteiger partial charge in [0, 0.05) is 38.5 Å². The number of hydrogen-bond acceptors (Lipinski definition) is 4. The average Bonchev–Trinajstić information content (AvgIpc) is 2.59. The molecule has 6 nitrogen and oxygen atoms in total. The van der Waals surface area contributed by atoms with E-state index in [1.54, 1.807) is 7.05 Å². The van der Waals surface area contributed by atoms with Crippen LogP contribution in [0.15, 0.2) is 4.99 Å². The van der Waals surface area contributed by atoms with Crippen molar-refractivity contribution in [2.24, 2.45) is 10.9 Å². The standard InChI is InChI=1S/C14H25F3N4O2S2.HI/c1-18-13(20-12-3-2-8-24-10-12)19-9-11-4-6-21(7-5-11)25(22,23)14(15,16)17;/h11-12H,2-10H2,1H3,(H2,18,19,20);1H. The van der Waals surface area contributed by atoms with Crippen LogP contribution in [0.2, 0.25) is 0 Å². The molecule has 0 saturated carbocycles. The molecule has 1 atom stereocenters. The second-order valence-electron chi connectivity index (χ2n) is 6.30. The van der Waals surface area contributed by atoms with E-state index in [9.17, 15) is 21.6 Å². The summed E-state index contributed by atoms with van der Waals surface area (Å²) in [5.74, 6) is 3.04. The number of hydrogen-bond donors (Lipinski definition) is 2. The lowest BCUT2D eigenvalue weighted by molar-refractivity contribution is -0.0496. The van der Waals surface area contributed by atoms with Crippen LogP contribution in [0, 0.1) is 5.92 Å². The molecule has 2 aliphatic rings. The SMILES string of the molecule is CN=C(NCC1CCN(S(=O)(=O)C(F)(F)F)CC1)NC1CCCSC1.I. The summed E-state index contributed by atoms with van der Waals surface area (Å²) in [6.45, 7) is 0.373. The van der Waals surface area contributed by atoms with E-state index in [0.29, 0.717) is 35.7 Å². The third kappa shape index (κ3) is 6.59. The van der Waals surface area contributed by atoms with E-state index in [1.807, 2.05) is 11.8 Å². The average molecular weight is 530 g/mol. The van der Waals surface area contributed by atoms with Crippen LogP contribution in [0.3, 0.4) is 0 Å². The van der Waals surface area contributed by atoms with Crippen LogP contribution >= 0.6 is 35.7 Å². The van der Waals surface area contributed by atoms with Crippen molar-refractivity contribution in [3.8, 4) is 0 Å². The van der Waals surface area contributed by atoms with Gasteiger partial charge in [0.25, 0.3) is 0 Å². The molecular weight excluding hydrogens is 504 g/mol. The van der Waals surface area contributed by atoms with Crippen molar-refractivity contribution in [3.63, 3.8) is 0 Å². The third-order valence-corrected chi connectivity index (χ3v) is 7.33. The van der Waals surface area contributed by atoms with Gasteiger partial charge in [-0.2, -0.15) is 29.2 Å². The number of nitrogens with zero attached hydrogens (tertiary/aromatic N) is 2. The summed E-state index contributed by atoms with van der Waals surface area (Å²) >= 11 is 1.91. The predicted octanol–water partition coefficient (Wildman–Crippen LogP) is 2.23. The quantitative estimate of drug-likeness (QED) is 0.332. The summed E-state index contributed by atoms with van der Waals surface area (Å²) in [6.07, 6.45) is 3.07. The summed E-state index contributed by atoms with van der Waals surface area (Å²) in [5.41, 5.74) is -5.22. The molecule has 0 amide bonds. The van der Waals surface area contributed by atoms with Crippen LogP contribution in [-0.4, -0.2) is 68.4 Å². The van der Waals surface area contributed by atoms with Crippen molar-refractivity contribution in [1.29, 1.82) is 0 Å². The maximum absolute atomic E-state index is 12.6. The molecule has 0 aromatic heterocycles. The Kier molecular flexibility index (Phi) is 9.78. The van der Waals surface area contributed by atoms with E-state index >= 15 is 0 Å². The van der Waals surface area contributed by atoms with Crippen molar-refractivity contribution < 1.29 is 21.6 Å². The first-order valence-electron chi connectivity index (χ1n) is 8.35. The van der Waals surface area contributed by atoms with Gasteiger partial charge in [-0.3, -0.25) is 4.99 Å². The van der Waals surface area contributed by atoms with Crippen LogP contribution in [0.1, 0.15) is 25.7 Å². The topological polar surface area (TPSA) is 73.8 Å². The number of sulfonamides is 1. The second-order valence-corrected chi connectivity index (χ2v) is 9.38. The molecular formula is C14H26F3IN4O2S2. The molecule has 2 saturated heterocycles. The molecule has 2 fully saturated rings. The van der Waals surface area contributed by atoms with E-state index in [2.05, 4.69) is 15.6 Å². The minimum Gasteiger partial charge on any atom is -0.356 e. The molecule has 12 heteroatoms. The molecule has 0 radical (unpaired) electrons. The Balaban J connectivity index is 0.00000338. The first kappa shape index (κ1) is 24.1. The maximum Gasteiger partial charge on any atom is 0.511 e. The molecule has 2 heterocycles. The van der Waals surface area contributed by atoms with E-state index < -0.39 is 15.5 Å². The molecule has 0 aromatic carbocycles. The Morgan fingerprint density at radius 3 is 2.42 bits per heavy atom. The Bertz CT molecular complexity index is 561. The predicted molar refractivity (Wildman–Crippen MR) is 110 cm³/mol. The minimum absolute atomic E-state index is 0. The summed E-state index contributed by atoms with van der Waals surface area (Å²) < 4.78 is 61.1. The lowest BCUT2D eigenvalue weighted by Crippen LogP contribution is -2.49. The maximum atomic E-state index is 12.6. The molecule has 1 unspecified atom stereocenters. The van der Waals surface area contributed by atoms with Gasteiger partial charge in [0.1, 0.15) is 0 Å². The summed E-state index contributed by atoms with van der Waals surface area (Å²) in [7, 11) is -3.52. The van der Waals surface area contributed by atoms with E-state index in [0.717, 1.165) is 12.2 Å². The Morgan fingerprint density at radius 1 is 1.27 bits per heavy atom. The van der Waals surface area contributed by atoms with Crippen molar-refractivity contribution >= 4 is 51.7 Å². The van der Waals surface area contributed by atoms with Gasteiger partial charge >= 0.3 is 15.5 Å². The molecule has 0 aliphatic carbocycles. The van der Waals surface area contributed by atoms with Crippen LogP contribution < -0.4 is 10.6 Å². The lowest BCUT2D eigenvalue weighted by atomic mass is 9.98. The molecule has 2 N–H and O–H groups in total. The number of aliphatic imine (C=N–C) groups is 1. The fourth-order valence-corrected chi connectivity index (χ4v) is 5.04. The van der Waals surface area contributed by atoms with E-state index in [-0.39, 0.29) is 43.0 Å². The van der Waals surface area contributed by atoms with Gasteiger partial charge in [-0.25, -0.2) is 8.42 Å². The Hall–Kier alpha value is 0.0500. The summed E-state index contributed by atoms with van der Waals surface area (Å²) in [6, 6.07) is 0.378. The zero-order valence-electron chi connectivity index (χ0n) is 14.6. The lowest BCUT2D eigenvalue weighted by Gasteiger charge is -2.32. The highest BCUT2D eigenvalue weighted by molar-refractivity contribution is 14.0. The van der Waals surface area contributed by atoms with Gasteiger partial charge in [0.05, 0.1) is 0 Å². The van der Waals surface area contributed by atoms with Crippen LogP contribution in [-0.2, 0) is 10.0 Å². The van der Waals surface area contributed by atoms with Crippen molar-refractivity contribution in [1.82, 2.24) is 14.9 Å². The van der Waals surface area contributed by atoms with Crippen LogP contribution in [0.5, 0.6) is 0 Å². The van der Waals surface area contributed by atoms with Gasteiger partial charge in [-0.1, -0.05) is 0 Å². The summed E-state index contributed by atoms with van der Waals surface area (Å²) in [5, 5.41) is 6.57. The number of guanidine groups is 1. The molecule has 154 valence electrons. The molecule has 26 heavy (non-hydrogen) atoms. The number of halogens is 4. The molecule has 2 aliphatic heterocycles. The highest BCUT2D eigenvalue weighted by Gasteiger charge is 2.50. The second kappa shape index (κ2) is 10.6. The van der Waals surface area contributed by atoms with Crippen molar-refractivity contribution in [2.75, 3.05) is 38.2 Å². The third-order valence-electron chi connectivity index (χ3n) is 4.49. The molecule has 0 bridgehead atoms. The normalized spacial score (nSPS) is 24.0. The van der Waals surface area contributed by atoms with Gasteiger partial charge in [-0.15, -0.1) is 24.0 Å². The number of piperidine rings is 1. The smallest absolute Gasteiger partial charge is 0.356 e. The number of thioether (sulfide) groups is 1. The van der Waals surface area contributed by atoms with Gasteiger partial charge in [0.15, 0.2) is 5.96 Å². The van der Waals surface area contributed by atoms with Crippen molar-refractivity contribution in [2.45, 2.75) is 37.2 Å². The first-order valence-corrected chi connectivity index (χ1v) is 10.9. The molecule has 0 spiro atoms. The minimum atomic E-state index is -5.22. The Morgan fingerprint density at radius 2 is 1.92 bits per heavy atom. The number of alkyl halides is 3. The van der Waals surface area contributed by atoms with E-state index in [1.165, 1.54) is 12.2 Å². The zero-order chi connectivity index (χ0) is 18.5. The monoisotopic (exact) mass is 530 g/mol. The van der Waals surface area contributed by atoms with Crippen LogP contribution in [0.25, 0.3) is 0 Å². The summed E-state index contributed by atoms with van der Waals surface area (Å²) in [4.78, 5) is 4.18. The van der Waals surface area contributed by atoms with Gasteiger partial charge in [0.2, 0.25) is 0 Å². The molecule has 2 rings (SSSR count). The fourth-order valence-electron chi connectivity index (χ4n) is 2.98.